The molecular weight excluding hydrogens is 346 g/mol. The molecule has 2 aromatic rings. The van der Waals surface area contributed by atoms with Crippen LogP contribution in [0.3, 0.4) is 0 Å². The Labute approximate surface area is 159 Å². The number of hydrogen-bond acceptors (Lipinski definition) is 4. The van der Waals surface area contributed by atoms with Crippen molar-refractivity contribution in [3.63, 3.8) is 0 Å². The minimum Gasteiger partial charge on any atom is -0.493 e. The Balaban J connectivity index is 1.48. The number of carbonyl (C=O) groups is 1. The summed E-state index contributed by atoms with van der Waals surface area (Å²) in [6.07, 6.45) is 6.00. The fourth-order valence-electron chi connectivity index (χ4n) is 3.75. The fourth-order valence-corrected chi connectivity index (χ4v) is 4.64. The summed E-state index contributed by atoms with van der Waals surface area (Å²) in [5, 5.41) is 11.6. The number of aryl methyl sites for hydroxylation is 1. The lowest BCUT2D eigenvalue weighted by molar-refractivity contribution is 0.0691. The number of rotatable bonds is 8. The van der Waals surface area contributed by atoms with E-state index in [-0.39, 0.29) is 5.69 Å². The average molecular weight is 374 g/mol. The van der Waals surface area contributed by atoms with Gasteiger partial charge in [0.15, 0.2) is 5.69 Å². The molecule has 0 bridgehead atoms. The van der Waals surface area contributed by atoms with Crippen molar-refractivity contribution in [2.45, 2.75) is 51.9 Å². The van der Waals surface area contributed by atoms with Crippen LogP contribution in [-0.4, -0.2) is 22.7 Å². The van der Waals surface area contributed by atoms with Crippen molar-refractivity contribution >= 4 is 17.3 Å². The summed E-state index contributed by atoms with van der Waals surface area (Å²) < 4.78 is 6.02. The number of benzene rings is 1. The van der Waals surface area contributed by atoms with Gasteiger partial charge in [0.2, 0.25) is 0 Å². The Hall–Kier alpha value is -1.88. The lowest BCUT2D eigenvalue weighted by Crippen LogP contribution is -2.17. The lowest BCUT2D eigenvalue weighted by Gasteiger charge is -2.21. The van der Waals surface area contributed by atoms with Crippen LogP contribution in [0, 0.1) is 18.8 Å². The fraction of sp³-hybridized carbons (Fsp3) is 0.524. The van der Waals surface area contributed by atoms with Crippen LogP contribution in [0.4, 0.5) is 0 Å². The molecular formula is C21H27NO3S. The van der Waals surface area contributed by atoms with Crippen LogP contribution in [0.15, 0.2) is 29.6 Å². The number of hydrogen-bond donors (Lipinski definition) is 1. The SMILES string of the molecule is Cc1ccc(OCC2CCC[C@@H]2CCC(C)c2nc(C(=O)O)cs2)cc1. The largest absolute Gasteiger partial charge is 0.493 e. The van der Waals surface area contributed by atoms with Crippen molar-refractivity contribution in [3.8, 4) is 5.75 Å². The molecule has 1 saturated carbocycles. The zero-order valence-corrected chi connectivity index (χ0v) is 16.3. The molecule has 0 aliphatic heterocycles. The van der Waals surface area contributed by atoms with E-state index in [2.05, 4.69) is 31.0 Å². The van der Waals surface area contributed by atoms with Crippen LogP contribution in [0.2, 0.25) is 0 Å². The molecule has 3 atom stereocenters. The number of carboxylic acid groups (broad SMARTS) is 1. The molecule has 140 valence electrons. The number of carboxylic acids is 1. The Morgan fingerprint density at radius 3 is 2.73 bits per heavy atom. The Morgan fingerprint density at radius 2 is 2.04 bits per heavy atom. The lowest BCUT2D eigenvalue weighted by atomic mass is 9.89. The first-order valence-corrected chi connectivity index (χ1v) is 10.3. The van der Waals surface area contributed by atoms with Crippen molar-refractivity contribution in [3.05, 3.63) is 45.9 Å². The van der Waals surface area contributed by atoms with E-state index in [4.69, 9.17) is 9.84 Å². The van der Waals surface area contributed by atoms with Crippen LogP contribution in [0.1, 0.15) is 66.0 Å². The summed E-state index contributed by atoms with van der Waals surface area (Å²) >= 11 is 1.46. The second-order valence-electron chi connectivity index (χ2n) is 7.43. The minimum absolute atomic E-state index is 0.169. The predicted molar refractivity (Wildman–Crippen MR) is 104 cm³/mol. The second kappa shape index (κ2) is 8.67. The molecule has 0 radical (unpaired) electrons. The van der Waals surface area contributed by atoms with Gasteiger partial charge in [-0.05, 0) is 50.2 Å². The summed E-state index contributed by atoms with van der Waals surface area (Å²) in [5.41, 5.74) is 1.42. The van der Waals surface area contributed by atoms with Gasteiger partial charge < -0.3 is 9.84 Å². The second-order valence-corrected chi connectivity index (χ2v) is 8.32. The molecule has 0 saturated heterocycles. The number of ether oxygens (including phenoxy) is 1. The smallest absolute Gasteiger partial charge is 0.355 e. The molecule has 5 heteroatoms. The van der Waals surface area contributed by atoms with Crippen molar-refractivity contribution in [1.82, 2.24) is 4.98 Å². The standard InChI is InChI=1S/C21H27NO3S/c1-14-6-10-18(11-7-14)25-12-17-5-3-4-16(17)9-8-15(2)20-22-19(13-26-20)21(23)24/h6-7,10-11,13,15-17H,3-5,8-9,12H2,1-2H3,(H,23,24)/t15?,16-,17?/m1/s1. The van der Waals surface area contributed by atoms with Crippen LogP contribution in [-0.2, 0) is 0 Å². The maximum Gasteiger partial charge on any atom is 0.355 e. The molecule has 2 unspecified atom stereocenters. The van der Waals surface area contributed by atoms with Gasteiger partial charge in [-0.15, -0.1) is 11.3 Å². The number of aromatic nitrogens is 1. The van der Waals surface area contributed by atoms with Crippen molar-refractivity contribution in [2.75, 3.05) is 6.61 Å². The number of nitrogens with zero attached hydrogens (tertiary/aromatic N) is 1. The molecule has 1 fully saturated rings. The van der Waals surface area contributed by atoms with Gasteiger partial charge in [-0.3, -0.25) is 0 Å². The quantitative estimate of drug-likeness (QED) is 0.661. The average Bonchev–Trinajstić information content (AvgIpc) is 3.29. The first-order chi connectivity index (χ1) is 12.5. The van der Waals surface area contributed by atoms with Gasteiger partial charge in [0.05, 0.1) is 11.6 Å². The van der Waals surface area contributed by atoms with E-state index in [1.807, 2.05) is 12.1 Å². The molecule has 1 heterocycles. The summed E-state index contributed by atoms with van der Waals surface area (Å²) in [4.78, 5) is 15.2. The Morgan fingerprint density at radius 1 is 1.31 bits per heavy atom. The monoisotopic (exact) mass is 373 g/mol. The van der Waals surface area contributed by atoms with Gasteiger partial charge in [0.25, 0.3) is 0 Å². The van der Waals surface area contributed by atoms with Crippen LogP contribution < -0.4 is 4.74 Å². The molecule has 0 spiro atoms. The molecule has 1 N–H and O–H groups in total. The predicted octanol–water partition coefficient (Wildman–Crippen LogP) is 5.53. The third kappa shape index (κ3) is 4.85. The van der Waals surface area contributed by atoms with Gasteiger partial charge in [-0.25, -0.2) is 9.78 Å². The van der Waals surface area contributed by atoms with E-state index in [0.717, 1.165) is 30.2 Å². The van der Waals surface area contributed by atoms with Crippen molar-refractivity contribution in [1.29, 1.82) is 0 Å². The first-order valence-electron chi connectivity index (χ1n) is 9.41. The molecule has 1 aromatic carbocycles. The molecule has 26 heavy (non-hydrogen) atoms. The molecule has 1 aliphatic rings. The summed E-state index contributed by atoms with van der Waals surface area (Å²) in [7, 11) is 0. The van der Waals surface area contributed by atoms with Crippen molar-refractivity contribution in [2.24, 2.45) is 11.8 Å². The maximum absolute atomic E-state index is 11.0. The normalized spacial score (nSPS) is 20.8. The highest BCUT2D eigenvalue weighted by molar-refractivity contribution is 7.09. The highest BCUT2D eigenvalue weighted by atomic mass is 32.1. The van der Waals surface area contributed by atoms with Gasteiger partial charge in [0.1, 0.15) is 5.75 Å². The third-order valence-electron chi connectivity index (χ3n) is 5.43. The number of thiazole rings is 1. The van der Waals surface area contributed by atoms with Gasteiger partial charge in [0, 0.05) is 11.3 Å². The topological polar surface area (TPSA) is 59.4 Å². The summed E-state index contributed by atoms with van der Waals surface area (Å²) in [6, 6.07) is 8.26. The van der Waals surface area contributed by atoms with E-state index >= 15 is 0 Å². The summed E-state index contributed by atoms with van der Waals surface area (Å²) in [5.74, 6) is 1.64. The number of aromatic carboxylic acids is 1. The highest BCUT2D eigenvalue weighted by Crippen LogP contribution is 2.37. The molecule has 4 nitrogen and oxygen atoms in total. The van der Waals surface area contributed by atoms with Gasteiger partial charge >= 0.3 is 5.97 Å². The van der Waals surface area contributed by atoms with E-state index in [0.29, 0.717) is 17.8 Å². The van der Waals surface area contributed by atoms with E-state index < -0.39 is 5.97 Å². The highest BCUT2D eigenvalue weighted by Gasteiger charge is 2.28. The van der Waals surface area contributed by atoms with Gasteiger partial charge in [-0.2, -0.15) is 0 Å². The van der Waals surface area contributed by atoms with Gasteiger partial charge in [-0.1, -0.05) is 37.5 Å². The summed E-state index contributed by atoms with van der Waals surface area (Å²) in [6.45, 7) is 5.03. The van der Waals surface area contributed by atoms with Crippen molar-refractivity contribution < 1.29 is 14.6 Å². The Kier molecular flexibility index (Phi) is 6.30. The molecule has 3 rings (SSSR count). The Bertz CT molecular complexity index is 725. The van der Waals surface area contributed by atoms with Crippen LogP contribution >= 0.6 is 11.3 Å². The molecule has 1 aromatic heterocycles. The van der Waals surface area contributed by atoms with E-state index in [9.17, 15) is 4.79 Å². The third-order valence-corrected chi connectivity index (χ3v) is 6.51. The van der Waals surface area contributed by atoms with Crippen LogP contribution in [0.5, 0.6) is 5.75 Å². The molecule has 0 amide bonds. The maximum atomic E-state index is 11.0. The zero-order chi connectivity index (χ0) is 18.5. The zero-order valence-electron chi connectivity index (χ0n) is 15.5. The van der Waals surface area contributed by atoms with Crippen LogP contribution in [0.25, 0.3) is 0 Å². The van der Waals surface area contributed by atoms with E-state index in [1.165, 1.54) is 36.2 Å². The minimum atomic E-state index is -0.941. The first kappa shape index (κ1) is 18.9. The van der Waals surface area contributed by atoms with E-state index in [1.54, 1.807) is 5.38 Å². The molecule has 1 aliphatic carbocycles.